The number of aromatic nitrogens is 4. The zero-order valence-electron chi connectivity index (χ0n) is 18.9. The SMILES string of the molecule is C[C@H](CCn1cccn1)N1CCC(n2nccc2NC(=O)CCCc2ccccc2)CC1. The van der Waals surface area contributed by atoms with Gasteiger partial charge in [0.25, 0.3) is 0 Å². The first kappa shape index (κ1) is 22.3. The van der Waals surface area contributed by atoms with E-state index < -0.39 is 0 Å². The molecule has 32 heavy (non-hydrogen) atoms. The first-order chi connectivity index (χ1) is 15.7. The topological polar surface area (TPSA) is 68.0 Å². The monoisotopic (exact) mass is 434 g/mol. The molecular formula is C25H34N6O. The quantitative estimate of drug-likeness (QED) is 0.520. The summed E-state index contributed by atoms with van der Waals surface area (Å²) in [4.78, 5) is 15.0. The number of nitrogens with one attached hydrogen (secondary N) is 1. The maximum absolute atomic E-state index is 12.5. The van der Waals surface area contributed by atoms with Crippen LogP contribution in [0.3, 0.4) is 0 Å². The standard InChI is InChI=1S/C25H34N6O/c1-21(12-20-30-17-6-15-26-30)29-18-13-23(14-19-29)31-24(11-16-27-31)28-25(32)10-5-9-22-7-3-2-4-8-22/h2-4,6-8,11,15-17,21,23H,5,9-10,12-14,18-20H2,1H3,(H,28,32)/t21-/m1/s1. The van der Waals surface area contributed by atoms with E-state index in [1.54, 1.807) is 6.20 Å². The highest BCUT2D eigenvalue weighted by molar-refractivity contribution is 5.89. The zero-order valence-corrected chi connectivity index (χ0v) is 18.9. The number of benzene rings is 1. The minimum absolute atomic E-state index is 0.0624. The number of likely N-dealkylation sites (tertiary alicyclic amines) is 1. The van der Waals surface area contributed by atoms with Crippen molar-refractivity contribution >= 4 is 11.7 Å². The van der Waals surface area contributed by atoms with Crippen molar-refractivity contribution in [2.45, 2.75) is 64.1 Å². The smallest absolute Gasteiger partial charge is 0.225 e. The third-order valence-corrected chi connectivity index (χ3v) is 6.45. The second-order valence-corrected chi connectivity index (χ2v) is 8.72. The molecule has 7 heteroatoms. The number of hydrogen-bond donors (Lipinski definition) is 1. The molecule has 0 saturated carbocycles. The van der Waals surface area contributed by atoms with Gasteiger partial charge in [-0.05, 0) is 50.7 Å². The summed E-state index contributed by atoms with van der Waals surface area (Å²) >= 11 is 0. The Morgan fingerprint density at radius 2 is 1.91 bits per heavy atom. The van der Waals surface area contributed by atoms with Gasteiger partial charge in [-0.15, -0.1) is 0 Å². The number of carbonyl (C=O) groups excluding carboxylic acids is 1. The Hall–Kier alpha value is -2.93. The fraction of sp³-hybridized carbons (Fsp3) is 0.480. The molecule has 0 bridgehead atoms. The van der Waals surface area contributed by atoms with Crippen LogP contribution in [0.4, 0.5) is 5.82 Å². The molecule has 7 nitrogen and oxygen atoms in total. The number of amides is 1. The van der Waals surface area contributed by atoms with Gasteiger partial charge in [0.1, 0.15) is 5.82 Å². The fourth-order valence-electron chi connectivity index (χ4n) is 4.51. The normalized spacial score (nSPS) is 16.2. The average molecular weight is 435 g/mol. The molecule has 1 atom stereocenters. The van der Waals surface area contributed by atoms with E-state index in [-0.39, 0.29) is 5.91 Å². The molecule has 0 radical (unpaired) electrons. The lowest BCUT2D eigenvalue weighted by Crippen LogP contribution is -2.41. The molecule has 0 spiro atoms. The molecule has 1 aliphatic rings. The third kappa shape index (κ3) is 6.07. The van der Waals surface area contributed by atoms with Crippen LogP contribution in [0, 0.1) is 0 Å². The van der Waals surface area contributed by atoms with Crippen molar-refractivity contribution < 1.29 is 4.79 Å². The van der Waals surface area contributed by atoms with Gasteiger partial charge in [0.15, 0.2) is 0 Å². The Kier molecular flexibility index (Phi) is 7.72. The van der Waals surface area contributed by atoms with Crippen LogP contribution < -0.4 is 5.32 Å². The van der Waals surface area contributed by atoms with E-state index in [4.69, 9.17) is 0 Å². The first-order valence-electron chi connectivity index (χ1n) is 11.8. The van der Waals surface area contributed by atoms with E-state index in [9.17, 15) is 4.79 Å². The molecule has 4 rings (SSSR count). The summed E-state index contributed by atoms with van der Waals surface area (Å²) < 4.78 is 4.02. The van der Waals surface area contributed by atoms with Crippen LogP contribution in [0.1, 0.15) is 50.6 Å². The predicted octanol–water partition coefficient (Wildman–Crippen LogP) is 4.16. The maximum Gasteiger partial charge on any atom is 0.225 e. The Bertz CT molecular complexity index is 944. The van der Waals surface area contributed by atoms with Crippen molar-refractivity contribution in [3.05, 3.63) is 66.6 Å². The number of rotatable bonds is 10. The van der Waals surface area contributed by atoms with Crippen molar-refractivity contribution in [3.63, 3.8) is 0 Å². The lowest BCUT2D eigenvalue weighted by atomic mass is 10.0. The van der Waals surface area contributed by atoms with Crippen LogP contribution in [0.2, 0.25) is 0 Å². The maximum atomic E-state index is 12.5. The van der Waals surface area contributed by atoms with E-state index in [0.717, 1.165) is 57.6 Å². The van der Waals surface area contributed by atoms with Gasteiger partial charge in [-0.3, -0.25) is 9.48 Å². The molecule has 0 unspecified atom stereocenters. The van der Waals surface area contributed by atoms with Gasteiger partial charge >= 0.3 is 0 Å². The summed E-state index contributed by atoms with van der Waals surface area (Å²) in [7, 11) is 0. The Morgan fingerprint density at radius 1 is 1.09 bits per heavy atom. The van der Waals surface area contributed by atoms with Crippen LogP contribution in [0.15, 0.2) is 61.1 Å². The summed E-state index contributed by atoms with van der Waals surface area (Å²) in [5.74, 6) is 0.882. The Labute approximate surface area is 190 Å². The molecule has 1 saturated heterocycles. The second kappa shape index (κ2) is 11.1. The number of hydrogen-bond acceptors (Lipinski definition) is 4. The van der Waals surface area contributed by atoms with Crippen molar-refractivity contribution in [3.8, 4) is 0 Å². The minimum atomic E-state index is 0.0624. The van der Waals surface area contributed by atoms with Crippen molar-refractivity contribution in [2.24, 2.45) is 0 Å². The molecule has 170 valence electrons. The van der Waals surface area contributed by atoms with E-state index >= 15 is 0 Å². The molecule has 3 heterocycles. The molecule has 2 aromatic heterocycles. The highest BCUT2D eigenvalue weighted by Crippen LogP contribution is 2.27. The average Bonchev–Trinajstić information content (AvgIpc) is 3.50. The summed E-state index contributed by atoms with van der Waals surface area (Å²) in [6.45, 7) is 5.36. The van der Waals surface area contributed by atoms with Crippen LogP contribution in [0.25, 0.3) is 0 Å². The van der Waals surface area contributed by atoms with Gasteiger partial charge in [-0.1, -0.05) is 30.3 Å². The number of carbonyl (C=O) groups is 1. The van der Waals surface area contributed by atoms with Crippen LogP contribution in [0.5, 0.6) is 0 Å². The highest BCUT2D eigenvalue weighted by atomic mass is 16.1. The molecule has 1 amide bonds. The number of nitrogens with zero attached hydrogens (tertiary/aromatic N) is 5. The molecular weight excluding hydrogens is 400 g/mol. The largest absolute Gasteiger partial charge is 0.311 e. The van der Waals surface area contributed by atoms with E-state index in [1.807, 2.05) is 52.1 Å². The Morgan fingerprint density at radius 3 is 2.66 bits per heavy atom. The molecule has 0 aliphatic carbocycles. The van der Waals surface area contributed by atoms with E-state index in [2.05, 4.69) is 39.5 Å². The summed E-state index contributed by atoms with van der Waals surface area (Å²) in [5.41, 5.74) is 1.27. The van der Waals surface area contributed by atoms with Crippen molar-refractivity contribution in [1.29, 1.82) is 0 Å². The highest BCUT2D eigenvalue weighted by Gasteiger charge is 2.25. The number of aryl methyl sites for hydroxylation is 2. The summed E-state index contributed by atoms with van der Waals surface area (Å²) in [6, 6.07) is 15.1. The van der Waals surface area contributed by atoms with Crippen LogP contribution in [-0.4, -0.2) is 49.5 Å². The van der Waals surface area contributed by atoms with Crippen molar-refractivity contribution in [2.75, 3.05) is 18.4 Å². The molecule has 1 aliphatic heterocycles. The summed E-state index contributed by atoms with van der Waals surface area (Å²) in [5, 5.41) is 11.9. The van der Waals surface area contributed by atoms with E-state index in [1.165, 1.54) is 5.56 Å². The lowest BCUT2D eigenvalue weighted by molar-refractivity contribution is -0.116. The van der Waals surface area contributed by atoms with Gasteiger partial charge in [0, 0.05) is 50.6 Å². The molecule has 3 aromatic rings. The van der Waals surface area contributed by atoms with Gasteiger partial charge in [-0.2, -0.15) is 10.2 Å². The van der Waals surface area contributed by atoms with Gasteiger partial charge in [0.05, 0.1) is 12.2 Å². The predicted molar refractivity (Wildman–Crippen MR) is 126 cm³/mol. The number of anilines is 1. The van der Waals surface area contributed by atoms with Crippen LogP contribution >= 0.6 is 0 Å². The van der Waals surface area contributed by atoms with Gasteiger partial charge in [0.2, 0.25) is 5.91 Å². The number of piperidine rings is 1. The molecule has 1 N–H and O–H groups in total. The molecule has 1 aromatic carbocycles. The summed E-state index contributed by atoms with van der Waals surface area (Å²) in [6.07, 6.45) is 11.1. The molecule has 1 fully saturated rings. The van der Waals surface area contributed by atoms with E-state index in [0.29, 0.717) is 18.5 Å². The van der Waals surface area contributed by atoms with Gasteiger partial charge < -0.3 is 10.2 Å². The lowest BCUT2D eigenvalue weighted by Gasteiger charge is -2.36. The minimum Gasteiger partial charge on any atom is -0.311 e. The fourth-order valence-corrected chi connectivity index (χ4v) is 4.51. The van der Waals surface area contributed by atoms with Gasteiger partial charge in [-0.25, -0.2) is 4.68 Å². The third-order valence-electron chi connectivity index (χ3n) is 6.45. The zero-order chi connectivity index (χ0) is 22.2. The Balaban J connectivity index is 1.21. The van der Waals surface area contributed by atoms with Crippen molar-refractivity contribution in [1.82, 2.24) is 24.5 Å². The second-order valence-electron chi connectivity index (χ2n) is 8.72. The first-order valence-corrected chi connectivity index (χ1v) is 11.8. The van der Waals surface area contributed by atoms with Crippen LogP contribution in [-0.2, 0) is 17.8 Å².